The number of benzene rings is 1. The first kappa shape index (κ1) is 20.0. The highest BCUT2D eigenvalue weighted by Crippen LogP contribution is 2.40. The Kier molecular flexibility index (Phi) is 5.50. The van der Waals surface area contributed by atoms with Gasteiger partial charge >= 0.3 is 0 Å². The van der Waals surface area contributed by atoms with E-state index in [0.717, 1.165) is 11.3 Å². The van der Waals surface area contributed by atoms with E-state index in [2.05, 4.69) is 15.3 Å². The van der Waals surface area contributed by atoms with E-state index in [1.807, 2.05) is 20.0 Å². The Labute approximate surface area is 178 Å². The van der Waals surface area contributed by atoms with Gasteiger partial charge in [0.1, 0.15) is 29.5 Å². The van der Waals surface area contributed by atoms with Crippen LogP contribution in [0.5, 0.6) is 17.4 Å². The number of nitrogens with one attached hydrogen (secondary N) is 1. The minimum Gasteiger partial charge on any atom is -0.492 e. The lowest BCUT2D eigenvalue weighted by molar-refractivity contribution is 0.0924. The monoisotopic (exact) mass is 428 g/mol. The quantitative estimate of drug-likeness (QED) is 0.646. The number of hydrogen-bond acceptors (Lipinski definition) is 6. The first-order valence-corrected chi connectivity index (χ1v) is 9.83. The van der Waals surface area contributed by atoms with Gasteiger partial charge in [-0.05, 0) is 32.0 Å². The third-order valence-corrected chi connectivity index (χ3v) is 5.00. The molecule has 3 aromatic rings. The van der Waals surface area contributed by atoms with Crippen LogP contribution in [0.4, 0.5) is 0 Å². The van der Waals surface area contributed by atoms with Crippen LogP contribution in [0.3, 0.4) is 0 Å². The van der Waals surface area contributed by atoms with Crippen molar-refractivity contribution in [3.8, 4) is 23.1 Å². The van der Waals surface area contributed by atoms with Crippen LogP contribution in [0.1, 0.15) is 34.7 Å². The summed E-state index contributed by atoms with van der Waals surface area (Å²) in [6.07, 6.45) is 3.52. The molecule has 0 bridgehead atoms. The summed E-state index contributed by atoms with van der Waals surface area (Å²) in [5.74, 6) is 1.19. The molecule has 1 amide bonds. The van der Waals surface area contributed by atoms with Crippen molar-refractivity contribution in [3.05, 3.63) is 58.8 Å². The van der Waals surface area contributed by atoms with Gasteiger partial charge in [0.25, 0.3) is 5.91 Å². The van der Waals surface area contributed by atoms with Crippen molar-refractivity contribution in [2.24, 2.45) is 0 Å². The van der Waals surface area contributed by atoms with Crippen LogP contribution in [0, 0.1) is 6.92 Å². The number of pyridine rings is 1. The number of aromatic nitrogens is 3. The molecule has 2 aromatic heterocycles. The number of amides is 1. The van der Waals surface area contributed by atoms with E-state index in [1.54, 1.807) is 35.2 Å². The first-order chi connectivity index (χ1) is 14.5. The molecular weight excluding hydrogens is 408 g/mol. The lowest BCUT2D eigenvalue weighted by atomic mass is 10.1. The maximum atomic E-state index is 12.8. The minimum absolute atomic E-state index is 0.234. The summed E-state index contributed by atoms with van der Waals surface area (Å²) in [5.41, 5.74) is 2.59. The smallest absolute Gasteiger partial charge is 0.270 e. The molecule has 0 saturated carbocycles. The molecule has 1 aliphatic heterocycles. The Hall–Kier alpha value is -3.26. The number of ether oxygens (including phenoxy) is 3. The van der Waals surface area contributed by atoms with E-state index in [0.29, 0.717) is 41.3 Å². The first-order valence-electron chi connectivity index (χ1n) is 9.46. The van der Waals surface area contributed by atoms with Gasteiger partial charge in [-0.15, -0.1) is 0 Å². The highest BCUT2D eigenvalue weighted by Gasteiger charge is 2.28. The average Bonchev–Trinajstić information content (AvgIpc) is 3.34. The van der Waals surface area contributed by atoms with Crippen molar-refractivity contribution in [2.45, 2.75) is 19.9 Å². The van der Waals surface area contributed by atoms with Crippen LogP contribution in [0.25, 0.3) is 5.69 Å². The molecule has 1 aromatic carbocycles. The molecule has 4 rings (SSSR count). The molecule has 30 heavy (non-hydrogen) atoms. The Bertz CT molecular complexity index is 1100. The standard InChI is InChI=1S/C21H21ClN4O4/c1-4-29-19-8-18-13(7-14(19)22)16(10-30-18)24-20(27)15-5-6-17(21(25-15)28-3)26-9-12(2)23-11-26/h5-9,11,16H,4,10H2,1-3H3,(H,24,27)/t16-/m0/s1. The SMILES string of the molecule is CCOc1cc2c(cc1Cl)[C@@H](NC(=O)c1ccc(-n3cnc(C)c3)c(OC)n1)CO2. The third kappa shape index (κ3) is 3.78. The van der Waals surface area contributed by atoms with Crippen LogP contribution in [-0.2, 0) is 0 Å². The van der Waals surface area contributed by atoms with Crippen molar-refractivity contribution in [2.75, 3.05) is 20.3 Å². The van der Waals surface area contributed by atoms with Crippen LogP contribution in [0.2, 0.25) is 5.02 Å². The molecule has 0 aliphatic carbocycles. The molecule has 0 unspecified atom stereocenters. The predicted molar refractivity (Wildman–Crippen MR) is 111 cm³/mol. The molecule has 1 atom stereocenters. The van der Waals surface area contributed by atoms with Crippen LogP contribution in [0.15, 0.2) is 36.8 Å². The zero-order valence-electron chi connectivity index (χ0n) is 16.8. The maximum Gasteiger partial charge on any atom is 0.270 e. The minimum atomic E-state index is -0.343. The second kappa shape index (κ2) is 8.23. The maximum absolute atomic E-state index is 12.8. The zero-order chi connectivity index (χ0) is 21.3. The van der Waals surface area contributed by atoms with Gasteiger partial charge in [-0.25, -0.2) is 9.97 Å². The van der Waals surface area contributed by atoms with Crippen LogP contribution < -0.4 is 19.5 Å². The third-order valence-electron chi connectivity index (χ3n) is 4.71. The summed E-state index contributed by atoms with van der Waals surface area (Å²) in [4.78, 5) is 21.4. The summed E-state index contributed by atoms with van der Waals surface area (Å²) in [5, 5.41) is 3.42. The number of carbonyl (C=O) groups excluding carboxylic acids is 1. The van der Waals surface area contributed by atoms with Gasteiger partial charge in [0.05, 0.1) is 36.8 Å². The Morgan fingerprint density at radius 1 is 1.40 bits per heavy atom. The highest BCUT2D eigenvalue weighted by atomic mass is 35.5. The molecule has 0 fully saturated rings. The van der Waals surface area contributed by atoms with Crippen molar-refractivity contribution < 1.29 is 19.0 Å². The lowest BCUT2D eigenvalue weighted by Gasteiger charge is -2.14. The van der Waals surface area contributed by atoms with Crippen molar-refractivity contribution >= 4 is 17.5 Å². The second-order valence-electron chi connectivity index (χ2n) is 6.74. The lowest BCUT2D eigenvalue weighted by Crippen LogP contribution is -2.30. The van der Waals surface area contributed by atoms with E-state index in [4.69, 9.17) is 25.8 Å². The molecule has 3 heterocycles. The number of halogens is 1. The van der Waals surface area contributed by atoms with Crippen LogP contribution >= 0.6 is 11.6 Å². The fraction of sp³-hybridized carbons (Fsp3) is 0.286. The Morgan fingerprint density at radius 3 is 2.93 bits per heavy atom. The summed E-state index contributed by atoms with van der Waals surface area (Å²) < 4.78 is 18.4. The van der Waals surface area contributed by atoms with Gasteiger partial charge in [-0.2, -0.15) is 0 Å². The Morgan fingerprint density at radius 2 is 2.23 bits per heavy atom. The average molecular weight is 429 g/mol. The van der Waals surface area contributed by atoms with Gasteiger partial charge in [-0.3, -0.25) is 4.79 Å². The largest absolute Gasteiger partial charge is 0.492 e. The summed E-state index contributed by atoms with van der Waals surface area (Å²) >= 11 is 6.29. The van der Waals surface area contributed by atoms with Gasteiger partial charge in [-0.1, -0.05) is 11.6 Å². The molecule has 8 nitrogen and oxygen atoms in total. The molecule has 1 N–H and O–H groups in total. The number of methoxy groups -OCH3 is 1. The topological polar surface area (TPSA) is 87.5 Å². The number of imidazole rings is 1. The van der Waals surface area contributed by atoms with Gasteiger partial charge in [0.2, 0.25) is 5.88 Å². The van der Waals surface area contributed by atoms with Crippen molar-refractivity contribution in [1.82, 2.24) is 19.9 Å². The summed E-state index contributed by atoms with van der Waals surface area (Å²) in [6.45, 7) is 4.58. The summed E-state index contributed by atoms with van der Waals surface area (Å²) in [7, 11) is 1.51. The molecule has 156 valence electrons. The predicted octanol–water partition coefficient (Wildman–Crippen LogP) is 3.50. The molecule has 0 spiro atoms. The molecule has 9 heteroatoms. The number of carbonyl (C=O) groups is 1. The molecule has 0 saturated heterocycles. The fourth-order valence-corrected chi connectivity index (χ4v) is 3.51. The molecular formula is C21H21ClN4O4. The van der Waals surface area contributed by atoms with E-state index in [-0.39, 0.29) is 17.6 Å². The van der Waals surface area contributed by atoms with E-state index in [1.165, 1.54) is 7.11 Å². The van der Waals surface area contributed by atoms with Gasteiger partial charge < -0.3 is 24.1 Å². The van der Waals surface area contributed by atoms with E-state index in [9.17, 15) is 4.79 Å². The number of fused-ring (bicyclic) bond motifs is 1. The van der Waals surface area contributed by atoms with Crippen molar-refractivity contribution in [3.63, 3.8) is 0 Å². The van der Waals surface area contributed by atoms with Crippen LogP contribution in [-0.4, -0.2) is 40.8 Å². The van der Waals surface area contributed by atoms with Crippen molar-refractivity contribution in [1.29, 1.82) is 0 Å². The highest BCUT2D eigenvalue weighted by molar-refractivity contribution is 6.32. The molecule has 0 radical (unpaired) electrons. The number of aryl methyl sites for hydroxylation is 1. The number of rotatable bonds is 6. The van der Waals surface area contributed by atoms with Gasteiger partial charge in [0.15, 0.2) is 0 Å². The Balaban J connectivity index is 1.55. The fourth-order valence-electron chi connectivity index (χ4n) is 3.29. The second-order valence-corrected chi connectivity index (χ2v) is 7.14. The number of nitrogens with zero attached hydrogens (tertiary/aromatic N) is 3. The van der Waals surface area contributed by atoms with Gasteiger partial charge in [0, 0.05) is 17.8 Å². The summed E-state index contributed by atoms with van der Waals surface area (Å²) in [6, 6.07) is 6.58. The van der Waals surface area contributed by atoms with E-state index >= 15 is 0 Å². The van der Waals surface area contributed by atoms with E-state index < -0.39 is 0 Å². The zero-order valence-corrected chi connectivity index (χ0v) is 17.6. The molecule has 1 aliphatic rings. The number of hydrogen-bond donors (Lipinski definition) is 1. The normalized spacial score (nSPS) is 14.7.